The molecule has 0 saturated heterocycles. The Kier molecular flexibility index (Phi) is 19.0. The molecule has 0 spiro atoms. The van der Waals surface area contributed by atoms with E-state index in [0.29, 0.717) is 12.1 Å². The van der Waals surface area contributed by atoms with Gasteiger partial charge in [0.25, 0.3) is 5.91 Å². The summed E-state index contributed by atoms with van der Waals surface area (Å²) in [5.41, 5.74) is 0.362. The first-order valence-electron chi connectivity index (χ1n) is 13.8. The molecular formula is C29H51NO2. The third-order valence-corrected chi connectivity index (χ3v) is 6.46. The quantitative estimate of drug-likeness (QED) is 0.175. The molecule has 1 amide bonds. The molecule has 1 aromatic carbocycles. The maximum Gasteiger partial charge on any atom is 0.255 e. The number of phenols is 1. The van der Waals surface area contributed by atoms with Crippen molar-refractivity contribution in [2.24, 2.45) is 0 Å². The number of amides is 1. The molecule has 32 heavy (non-hydrogen) atoms. The van der Waals surface area contributed by atoms with E-state index in [4.69, 9.17) is 0 Å². The Balaban J connectivity index is 1.74. The molecule has 2 N–H and O–H groups in total. The first-order valence-corrected chi connectivity index (χ1v) is 13.8. The van der Waals surface area contributed by atoms with E-state index < -0.39 is 0 Å². The number of phenolic OH excluding ortho intramolecular Hbond substituents is 1. The molecule has 1 aromatic rings. The molecule has 184 valence electrons. The van der Waals surface area contributed by atoms with Crippen LogP contribution in [0.2, 0.25) is 0 Å². The molecular weight excluding hydrogens is 394 g/mol. The van der Waals surface area contributed by atoms with Gasteiger partial charge < -0.3 is 10.4 Å². The van der Waals surface area contributed by atoms with Gasteiger partial charge in [0.05, 0.1) is 5.56 Å². The van der Waals surface area contributed by atoms with Crippen LogP contribution in [0.5, 0.6) is 5.75 Å². The van der Waals surface area contributed by atoms with Crippen molar-refractivity contribution in [1.82, 2.24) is 5.32 Å². The summed E-state index contributed by atoms with van der Waals surface area (Å²) in [6, 6.07) is 6.70. The second-order valence-corrected chi connectivity index (χ2v) is 9.49. The van der Waals surface area contributed by atoms with Gasteiger partial charge in [0.1, 0.15) is 5.75 Å². The van der Waals surface area contributed by atoms with Crippen molar-refractivity contribution in [3.05, 3.63) is 29.8 Å². The summed E-state index contributed by atoms with van der Waals surface area (Å²) in [5, 5.41) is 12.6. The Morgan fingerprint density at radius 1 is 0.625 bits per heavy atom. The highest BCUT2D eigenvalue weighted by molar-refractivity contribution is 5.96. The number of hydrogen-bond acceptors (Lipinski definition) is 2. The average Bonchev–Trinajstić information content (AvgIpc) is 2.80. The molecule has 0 fully saturated rings. The van der Waals surface area contributed by atoms with E-state index in [1.54, 1.807) is 24.3 Å². The van der Waals surface area contributed by atoms with Gasteiger partial charge in [0.15, 0.2) is 0 Å². The second kappa shape index (κ2) is 21.3. The van der Waals surface area contributed by atoms with Crippen LogP contribution in [-0.2, 0) is 0 Å². The smallest absolute Gasteiger partial charge is 0.255 e. The molecule has 0 aliphatic heterocycles. The van der Waals surface area contributed by atoms with Crippen LogP contribution in [0.1, 0.15) is 146 Å². The van der Waals surface area contributed by atoms with Gasteiger partial charge in [-0.1, -0.05) is 141 Å². The van der Waals surface area contributed by atoms with Crippen LogP contribution in [0.3, 0.4) is 0 Å². The highest BCUT2D eigenvalue weighted by Gasteiger charge is 2.08. The van der Waals surface area contributed by atoms with E-state index in [9.17, 15) is 9.90 Å². The first kappa shape index (κ1) is 28.5. The third kappa shape index (κ3) is 16.2. The maximum atomic E-state index is 12.0. The molecule has 1 rings (SSSR count). The molecule has 3 heteroatoms. The Morgan fingerprint density at radius 2 is 1.00 bits per heavy atom. The van der Waals surface area contributed by atoms with Crippen molar-refractivity contribution >= 4 is 5.91 Å². The lowest BCUT2D eigenvalue weighted by atomic mass is 10.0. The van der Waals surface area contributed by atoms with E-state index in [1.807, 2.05) is 0 Å². The standard InChI is InChI=1S/C29H51NO2/c1-2-3-4-5-6-7-8-9-10-11-12-13-14-15-16-17-18-19-20-23-26-30-29(32)27-24-21-22-25-28(27)31/h21-22,24-25,31H,2-20,23,26H2,1H3,(H,30,32). The SMILES string of the molecule is CCCCCCCCCCCCCCCCCCCCCCNC(=O)c1ccccc1O. The van der Waals surface area contributed by atoms with Crippen molar-refractivity contribution in [2.75, 3.05) is 6.54 Å². The average molecular weight is 446 g/mol. The minimum atomic E-state index is -0.180. The molecule has 0 saturated carbocycles. The van der Waals surface area contributed by atoms with Gasteiger partial charge in [0.2, 0.25) is 0 Å². The van der Waals surface area contributed by atoms with Crippen LogP contribution in [0.25, 0.3) is 0 Å². The van der Waals surface area contributed by atoms with Crippen molar-refractivity contribution in [2.45, 2.75) is 135 Å². The maximum absolute atomic E-state index is 12.0. The monoisotopic (exact) mass is 445 g/mol. The summed E-state index contributed by atoms with van der Waals surface area (Å²) in [7, 11) is 0. The molecule has 0 aliphatic carbocycles. The highest BCUT2D eigenvalue weighted by Crippen LogP contribution is 2.16. The zero-order chi connectivity index (χ0) is 23.1. The first-order chi connectivity index (χ1) is 15.8. The van der Waals surface area contributed by atoms with Gasteiger partial charge in [-0.05, 0) is 18.6 Å². The van der Waals surface area contributed by atoms with Crippen molar-refractivity contribution in [1.29, 1.82) is 0 Å². The topological polar surface area (TPSA) is 49.3 Å². The van der Waals surface area contributed by atoms with Crippen LogP contribution in [0.15, 0.2) is 24.3 Å². The summed E-state index contributed by atoms with van der Waals surface area (Å²) >= 11 is 0. The number of rotatable bonds is 22. The minimum absolute atomic E-state index is 0.0495. The van der Waals surface area contributed by atoms with Crippen molar-refractivity contribution in [3.63, 3.8) is 0 Å². The van der Waals surface area contributed by atoms with Gasteiger partial charge in [-0.3, -0.25) is 4.79 Å². The largest absolute Gasteiger partial charge is 0.507 e. The number of benzene rings is 1. The number of aromatic hydroxyl groups is 1. The zero-order valence-electron chi connectivity index (χ0n) is 21.0. The number of carbonyl (C=O) groups excluding carboxylic acids is 1. The molecule has 0 bridgehead atoms. The third-order valence-electron chi connectivity index (χ3n) is 6.46. The highest BCUT2D eigenvalue weighted by atomic mass is 16.3. The van der Waals surface area contributed by atoms with E-state index in [0.717, 1.165) is 6.42 Å². The van der Waals surface area contributed by atoms with Crippen molar-refractivity contribution in [3.8, 4) is 5.75 Å². The van der Waals surface area contributed by atoms with Gasteiger partial charge in [-0.15, -0.1) is 0 Å². The number of nitrogens with one attached hydrogen (secondary N) is 1. The van der Waals surface area contributed by atoms with Gasteiger partial charge in [0, 0.05) is 6.54 Å². The number of carbonyl (C=O) groups is 1. The summed E-state index contributed by atoms with van der Waals surface area (Å²) in [6.45, 7) is 2.97. The predicted octanol–water partition coefficient (Wildman–Crippen LogP) is 8.94. The van der Waals surface area contributed by atoms with Crippen molar-refractivity contribution < 1.29 is 9.90 Å². The lowest BCUT2D eigenvalue weighted by molar-refractivity contribution is 0.0950. The molecule has 0 aromatic heterocycles. The summed E-state index contributed by atoms with van der Waals surface area (Å²) < 4.78 is 0. The fraction of sp³-hybridized carbons (Fsp3) is 0.759. The summed E-state index contributed by atoms with van der Waals surface area (Å²) in [5.74, 6) is -0.130. The molecule has 0 atom stereocenters. The van der Waals surface area contributed by atoms with Gasteiger partial charge in [-0.25, -0.2) is 0 Å². The number of para-hydroxylation sites is 1. The second-order valence-electron chi connectivity index (χ2n) is 9.49. The fourth-order valence-electron chi connectivity index (χ4n) is 4.34. The van der Waals surface area contributed by atoms with Crippen LogP contribution in [-0.4, -0.2) is 17.6 Å². The molecule has 3 nitrogen and oxygen atoms in total. The molecule has 0 radical (unpaired) electrons. The Bertz CT molecular complexity index is 558. The van der Waals surface area contributed by atoms with E-state index >= 15 is 0 Å². The zero-order valence-corrected chi connectivity index (χ0v) is 21.0. The van der Waals surface area contributed by atoms with Crippen LogP contribution in [0, 0.1) is 0 Å². The van der Waals surface area contributed by atoms with E-state index in [-0.39, 0.29) is 11.7 Å². The lowest BCUT2D eigenvalue weighted by Crippen LogP contribution is -2.24. The lowest BCUT2D eigenvalue weighted by Gasteiger charge is -2.07. The Labute approximate surface area is 198 Å². The summed E-state index contributed by atoms with van der Waals surface area (Å²) in [6.07, 6.45) is 27.5. The normalized spacial score (nSPS) is 11.0. The predicted molar refractivity (Wildman–Crippen MR) is 138 cm³/mol. The summed E-state index contributed by atoms with van der Waals surface area (Å²) in [4.78, 5) is 12.0. The Morgan fingerprint density at radius 3 is 1.41 bits per heavy atom. The number of unbranched alkanes of at least 4 members (excludes halogenated alkanes) is 19. The molecule has 0 heterocycles. The number of hydrogen-bond donors (Lipinski definition) is 2. The van der Waals surface area contributed by atoms with E-state index in [1.165, 1.54) is 122 Å². The molecule has 0 aliphatic rings. The minimum Gasteiger partial charge on any atom is -0.507 e. The van der Waals surface area contributed by atoms with Crippen LogP contribution in [0.4, 0.5) is 0 Å². The van der Waals surface area contributed by atoms with Crippen LogP contribution < -0.4 is 5.32 Å². The van der Waals surface area contributed by atoms with Gasteiger partial charge >= 0.3 is 0 Å². The Hall–Kier alpha value is -1.51. The van der Waals surface area contributed by atoms with E-state index in [2.05, 4.69) is 12.2 Å². The van der Waals surface area contributed by atoms with Crippen LogP contribution >= 0.6 is 0 Å². The fourth-order valence-corrected chi connectivity index (χ4v) is 4.34. The van der Waals surface area contributed by atoms with Gasteiger partial charge in [-0.2, -0.15) is 0 Å². The molecule has 0 unspecified atom stereocenters.